The smallest absolute Gasteiger partial charge is 0.256 e. The molecule has 1 aliphatic rings. The van der Waals surface area contributed by atoms with Crippen LogP contribution in [0.4, 0.5) is 0 Å². The molecule has 3 heteroatoms. The molecule has 1 N–H and O–H groups in total. The lowest BCUT2D eigenvalue weighted by Crippen LogP contribution is -2.12. The predicted octanol–water partition coefficient (Wildman–Crippen LogP) is 2.88. The van der Waals surface area contributed by atoms with Crippen molar-refractivity contribution < 1.29 is 0 Å². The Kier molecular flexibility index (Phi) is 2.52. The third-order valence-corrected chi connectivity index (χ3v) is 3.28. The van der Waals surface area contributed by atoms with E-state index < -0.39 is 0 Å². The normalized spacial score (nSPS) is 15.9. The fourth-order valence-electron chi connectivity index (χ4n) is 2.37. The molecule has 0 atom stereocenters. The summed E-state index contributed by atoms with van der Waals surface area (Å²) in [6, 6.07) is 3.91. The van der Waals surface area contributed by atoms with E-state index in [1.807, 2.05) is 12.1 Å². The fourth-order valence-corrected chi connectivity index (χ4v) is 2.37. The highest BCUT2D eigenvalue weighted by atomic mass is 16.1. The first-order valence-corrected chi connectivity index (χ1v) is 6.01. The maximum atomic E-state index is 12.0. The van der Waals surface area contributed by atoms with Gasteiger partial charge < -0.3 is 4.98 Å². The predicted molar refractivity (Wildman–Crippen MR) is 68.8 cm³/mol. The number of fused-ring (bicyclic) bond motifs is 1. The molecule has 0 saturated heterocycles. The van der Waals surface area contributed by atoms with Gasteiger partial charge in [-0.3, -0.25) is 9.78 Å². The van der Waals surface area contributed by atoms with Gasteiger partial charge in [-0.25, -0.2) is 0 Å². The zero-order valence-electron chi connectivity index (χ0n) is 9.57. The Labute approximate surface area is 99.2 Å². The zero-order valence-corrected chi connectivity index (χ0v) is 9.57. The van der Waals surface area contributed by atoms with E-state index in [4.69, 9.17) is 0 Å². The van der Waals surface area contributed by atoms with Crippen LogP contribution in [0.3, 0.4) is 0 Å². The van der Waals surface area contributed by atoms with E-state index in [9.17, 15) is 4.79 Å². The molecule has 0 aliphatic heterocycles. The lowest BCUT2D eigenvalue weighted by Gasteiger charge is -2.12. The summed E-state index contributed by atoms with van der Waals surface area (Å²) in [7, 11) is 0. The third-order valence-electron chi connectivity index (χ3n) is 3.28. The molecule has 0 fully saturated rings. The minimum Gasteiger partial charge on any atom is -0.320 e. The molecule has 0 saturated carbocycles. The first-order valence-electron chi connectivity index (χ1n) is 6.01. The molecule has 0 unspecified atom stereocenters. The molecule has 2 heterocycles. The summed E-state index contributed by atoms with van der Waals surface area (Å²) >= 11 is 0. The number of rotatable bonds is 1. The number of nitrogens with zero attached hydrogens (tertiary/aromatic N) is 1. The molecule has 0 aromatic carbocycles. The minimum atomic E-state index is -0.00125. The van der Waals surface area contributed by atoms with Gasteiger partial charge in [0.1, 0.15) is 0 Å². The largest absolute Gasteiger partial charge is 0.320 e. The first kappa shape index (κ1) is 10.3. The highest BCUT2D eigenvalue weighted by molar-refractivity contribution is 5.81. The van der Waals surface area contributed by atoms with Crippen LogP contribution in [0, 0.1) is 0 Å². The third kappa shape index (κ3) is 1.88. The van der Waals surface area contributed by atoms with Gasteiger partial charge in [0, 0.05) is 17.1 Å². The molecule has 0 radical (unpaired) electrons. The van der Waals surface area contributed by atoms with Gasteiger partial charge in [0.15, 0.2) is 0 Å². The zero-order chi connectivity index (χ0) is 11.7. The fraction of sp³-hybridized carbons (Fsp3) is 0.286. The van der Waals surface area contributed by atoms with Crippen LogP contribution in [0.5, 0.6) is 0 Å². The van der Waals surface area contributed by atoms with E-state index in [0.29, 0.717) is 0 Å². The van der Waals surface area contributed by atoms with Crippen LogP contribution in [-0.4, -0.2) is 9.97 Å². The quantitative estimate of drug-likeness (QED) is 0.812. The monoisotopic (exact) mass is 226 g/mol. The molecule has 2 aromatic heterocycles. The number of allylic oxidation sites excluding steroid dienone is 2. The van der Waals surface area contributed by atoms with Gasteiger partial charge in [0.2, 0.25) is 0 Å². The molecule has 2 aromatic rings. The Morgan fingerprint density at radius 3 is 3.06 bits per heavy atom. The number of hydrogen-bond acceptors (Lipinski definition) is 2. The molecule has 1 aliphatic carbocycles. The van der Waals surface area contributed by atoms with Gasteiger partial charge >= 0.3 is 0 Å². The van der Waals surface area contributed by atoms with Crippen LogP contribution in [0.15, 0.2) is 35.4 Å². The lowest BCUT2D eigenvalue weighted by molar-refractivity contribution is 0.741. The summed E-state index contributed by atoms with van der Waals surface area (Å²) in [6.07, 6.45) is 10.2. The van der Waals surface area contributed by atoms with Crippen LogP contribution < -0.4 is 5.56 Å². The number of nitrogens with one attached hydrogen (secondary N) is 1. The number of aromatic amines is 1. The van der Waals surface area contributed by atoms with Crippen molar-refractivity contribution in [2.45, 2.75) is 25.7 Å². The summed E-state index contributed by atoms with van der Waals surface area (Å²) in [5.41, 5.74) is 2.82. The van der Waals surface area contributed by atoms with E-state index in [1.54, 1.807) is 12.4 Å². The Bertz CT molecular complexity index is 640. The number of hydrogen-bond donors (Lipinski definition) is 1. The molecule has 0 amide bonds. The van der Waals surface area contributed by atoms with E-state index in [2.05, 4.69) is 16.0 Å². The van der Waals surface area contributed by atoms with E-state index in [1.165, 1.54) is 18.4 Å². The van der Waals surface area contributed by atoms with Gasteiger partial charge in [-0.15, -0.1) is 0 Å². The Morgan fingerprint density at radius 2 is 2.24 bits per heavy atom. The average Bonchev–Trinajstić information content (AvgIpc) is 2.39. The minimum absolute atomic E-state index is 0.00125. The standard InChI is InChI=1S/C14H14N2O/c17-14-12(10-4-2-1-3-5-10)8-11-6-7-15-9-13(11)16-14/h4,6-9H,1-3,5H2,(H,16,17). The Balaban J connectivity index is 2.19. The summed E-state index contributed by atoms with van der Waals surface area (Å²) in [5, 5.41) is 1.04. The van der Waals surface area contributed by atoms with Crippen molar-refractivity contribution in [3.8, 4) is 0 Å². The van der Waals surface area contributed by atoms with Gasteiger partial charge in [-0.05, 0) is 43.4 Å². The summed E-state index contributed by atoms with van der Waals surface area (Å²) in [6.45, 7) is 0. The van der Waals surface area contributed by atoms with Crippen molar-refractivity contribution in [3.05, 3.63) is 46.5 Å². The molecule has 17 heavy (non-hydrogen) atoms. The van der Waals surface area contributed by atoms with Crippen LogP contribution in [-0.2, 0) is 0 Å². The van der Waals surface area contributed by atoms with Crippen molar-refractivity contribution in [2.24, 2.45) is 0 Å². The average molecular weight is 226 g/mol. The van der Waals surface area contributed by atoms with Gasteiger partial charge in [-0.2, -0.15) is 0 Å². The molecule has 0 spiro atoms. The second-order valence-corrected chi connectivity index (χ2v) is 4.45. The first-order chi connectivity index (χ1) is 8.34. The molecule has 3 rings (SSSR count). The Morgan fingerprint density at radius 1 is 1.29 bits per heavy atom. The molecule has 3 nitrogen and oxygen atoms in total. The SMILES string of the molecule is O=c1[nH]c2cnccc2cc1C1=CCCCC1. The van der Waals surface area contributed by atoms with Crippen molar-refractivity contribution in [1.29, 1.82) is 0 Å². The molecular weight excluding hydrogens is 212 g/mol. The van der Waals surface area contributed by atoms with Crippen molar-refractivity contribution in [2.75, 3.05) is 0 Å². The highest BCUT2D eigenvalue weighted by Gasteiger charge is 2.10. The number of pyridine rings is 2. The van der Waals surface area contributed by atoms with Crippen molar-refractivity contribution in [1.82, 2.24) is 9.97 Å². The number of aromatic nitrogens is 2. The van der Waals surface area contributed by atoms with Crippen molar-refractivity contribution in [3.63, 3.8) is 0 Å². The van der Waals surface area contributed by atoms with Gasteiger partial charge in [0.25, 0.3) is 5.56 Å². The van der Waals surface area contributed by atoms with Gasteiger partial charge in [0.05, 0.1) is 11.7 Å². The maximum absolute atomic E-state index is 12.0. The number of H-pyrrole nitrogens is 1. The van der Waals surface area contributed by atoms with Crippen LogP contribution in [0.1, 0.15) is 31.2 Å². The molecular formula is C14H14N2O. The van der Waals surface area contributed by atoms with E-state index in [0.717, 1.165) is 29.3 Å². The van der Waals surface area contributed by atoms with E-state index >= 15 is 0 Å². The van der Waals surface area contributed by atoms with Crippen LogP contribution in [0.25, 0.3) is 16.5 Å². The van der Waals surface area contributed by atoms with Crippen molar-refractivity contribution >= 4 is 16.5 Å². The molecule has 0 bridgehead atoms. The summed E-state index contributed by atoms with van der Waals surface area (Å²) in [5.74, 6) is 0. The lowest BCUT2D eigenvalue weighted by atomic mass is 9.94. The van der Waals surface area contributed by atoms with Gasteiger partial charge in [-0.1, -0.05) is 6.08 Å². The molecule has 86 valence electrons. The second-order valence-electron chi connectivity index (χ2n) is 4.45. The van der Waals surface area contributed by atoms with Crippen LogP contribution >= 0.6 is 0 Å². The van der Waals surface area contributed by atoms with E-state index in [-0.39, 0.29) is 5.56 Å². The summed E-state index contributed by atoms with van der Waals surface area (Å²) in [4.78, 5) is 18.9. The highest BCUT2D eigenvalue weighted by Crippen LogP contribution is 2.25. The maximum Gasteiger partial charge on any atom is 0.256 e. The second kappa shape index (κ2) is 4.17. The van der Waals surface area contributed by atoms with Crippen LogP contribution in [0.2, 0.25) is 0 Å². The summed E-state index contributed by atoms with van der Waals surface area (Å²) < 4.78 is 0. The topological polar surface area (TPSA) is 45.8 Å². The Hall–Kier alpha value is -1.90.